The summed E-state index contributed by atoms with van der Waals surface area (Å²) in [5.41, 5.74) is 0.176. The molecule has 104 valence electrons. The number of carbonyl (C=O) groups excluding carboxylic acids is 1. The third-order valence-corrected chi connectivity index (χ3v) is 2.94. The predicted molar refractivity (Wildman–Crippen MR) is 66.4 cm³/mol. The molecule has 0 atom stereocenters. The lowest BCUT2D eigenvalue weighted by Gasteiger charge is -2.37. The summed E-state index contributed by atoms with van der Waals surface area (Å²) < 4.78 is 4.84. The van der Waals surface area contributed by atoms with E-state index < -0.39 is 5.97 Å². The first-order valence-corrected chi connectivity index (χ1v) is 6.23. The number of carbonyl (C=O) groups is 2. The van der Waals surface area contributed by atoms with E-state index in [4.69, 9.17) is 9.84 Å². The van der Waals surface area contributed by atoms with Crippen molar-refractivity contribution in [1.29, 1.82) is 0 Å². The van der Waals surface area contributed by atoms with Crippen LogP contribution in [0.5, 0.6) is 0 Å². The van der Waals surface area contributed by atoms with E-state index >= 15 is 0 Å². The van der Waals surface area contributed by atoms with E-state index in [1.807, 2.05) is 0 Å². The summed E-state index contributed by atoms with van der Waals surface area (Å²) in [7, 11) is 0. The second-order valence-electron chi connectivity index (χ2n) is 5.37. The zero-order valence-electron chi connectivity index (χ0n) is 11.1. The van der Waals surface area contributed by atoms with Gasteiger partial charge in [-0.05, 0) is 18.3 Å². The van der Waals surface area contributed by atoms with Gasteiger partial charge in [-0.3, -0.25) is 0 Å². The SMILES string of the molecule is CC1(C)CCCN(C(=O)NCCOCC(=O)O)C1. The lowest BCUT2D eigenvalue weighted by atomic mass is 9.84. The van der Waals surface area contributed by atoms with Crippen molar-refractivity contribution in [1.82, 2.24) is 10.2 Å². The van der Waals surface area contributed by atoms with Crippen molar-refractivity contribution in [2.45, 2.75) is 26.7 Å². The van der Waals surface area contributed by atoms with Gasteiger partial charge in [-0.2, -0.15) is 0 Å². The lowest BCUT2D eigenvalue weighted by Crippen LogP contribution is -2.48. The van der Waals surface area contributed by atoms with Gasteiger partial charge in [0, 0.05) is 19.6 Å². The highest BCUT2D eigenvalue weighted by atomic mass is 16.5. The summed E-state index contributed by atoms with van der Waals surface area (Å²) >= 11 is 0. The number of ether oxygens (including phenoxy) is 1. The van der Waals surface area contributed by atoms with Gasteiger partial charge in [-0.25, -0.2) is 9.59 Å². The lowest BCUT2D eigenvalue weighted by molar-refractivity contribution is -0.142. The van der Waals surface area contributed by atoms with Crippen molar-refractivity contribution in [3.05, 3.63) is 0 Å². The molecule has 1 aliphatic rings. The highest BCUT2D eigenvalue weighted by molar-refractivity contribution is 5.74. The van der Waals surface area contributed by atoms with Gasteiger partial charge in [0.05, 0.1) is 6.61 Å². The highest BCUT2D eigenvalue weighted by Gasteiger charge is 2.28. The number of carboxylic acids is 1. The minimum Gasteiger partial charge on any atom is -0.480 e. The van der Waals surface area contributed by atoms with Gasteiger partial charge < -0.3 is 20.1 Å². The molecule has 1 aliphatic heterocycles. The van der Waals surface area contributed by atoms with Gasteiger partial charge in [-0.1, -0.05) is 13.8 Å². The average Bonchev–Trinajstić information content (AvgIpc) is 2.26. The van der Waals surface area contributed by atoms with Crippen LogP contribution in [0.4, 0.5) is 4.79 Å². The first kappa shape index (κ1) is 14.8. The number of carboxylic acid groups (broad SMARTS) is 1. The second-order valence-corrected chi connectivity index (χ2v) is 5.37. The Balaban J connectivity index is 2.18. The van der Waals surface area contributed by atoms with Crippen LogP contribution in [0, 0.1) is 5.41 Å². The van der Waals surface area contributed by atoms with E-state index in [9.17, 15) is 9.59 Å². The Morgan fingerprint density at radius 2 is 2.17 bits per heavy atom. The molecule has 1 fully saturated rings. The van der Waals surface area contributed by atoms with Crippen molar-refractivity contribution in [3.63, 3.8) is 0 Å². The van der Waals surface area contributed by atoms with E-state index in [2.05, 4.69) is 19.2 Å². The summed E-state index contributed by atoms with van der Waals surface area (Å²) in [6, 6.07) is -0.0956. The van der Waals surface area contributed by atoms with Gasteiger partial charge in [0.2, 0.25) is 0 Å². The van der Waals surface area contributed by atoms with Crippen LogP contribution in [0.1, 0.15) is 26.7 Å². The number of nitrogens with zero attached hydrogens (tertiary/aromatic N) is 1. The third kappa shape index (κ3) is 5.35. The Morgan fingerprint density at radius 3 is 2.78 bits per heavy atom. The average molecular weight is 258 g/mol. The largest absolute Gasteiger partial charge is 0.480 e. The highest BCUT2D eigenvalue weighted by Crippen LogP contribution is 2.28. The number of hydrogen-bond donors (Lipinski definition) is 2. The van der Waals surface area contributed by atoms with Crippen molar-refractivity contribution in [2.75, 3.05) is 32.8 Å². The van der Waals surface area contributed by atoms with Crippen LogP contribution in [-0.4, -0.2) is 54.9 Å². The number of hydrogen-bond acceptors (Lipinski definition) is 3. The number of rotatable bonds is 5. The maximum absolute atomic E-state index is 11.8. The zero-order valence-corrected chi connectivity index (χ0v) is 11.1. The van der Waals surface area contributed by atoms with E-state index in [0.717, 1.165) is 25.9 Å². The Kier molecular flexibility index (Phi) is 5.40. The summed E-state index contributed by atoms with van der Waals surface area (Å²) in [5, 5.41) is 11.1. The minimum atomic E-state index is -1.00. The normalized spacial score (nSPS) is 18.4. The molecule has 0 aromatic rings. The van der Waals surface area contributed by atoms with Crippen molar-refractivity contribution < 1.29 is 19.4 Å². The number of piperidine rings is 1. The van der Waals surface area contributed by atoms with Crippen LogP contribution in [0.3, 0.4) is 0 Å². The Hall–Kier alpha value is -1.30. The molecule has 0 spiro atoms. The van der Waals surface area contributed by atoms with Gasteiger partial charge in [-0.15, -0.1) is 0 Å². The molecule has 0 aliphatic carbocycles. The van der Waals surface area contributed by atoms with E-state index in [0.29, 0.717) is 6.54 Å². The molecule has 0 unspecified atom stereocenters. The molecule has 1 rings (SSSR count). The fourth-order valence-corrected chi connectivity index (χ4v) is 2.10. The first-order chi connectivity index (χ1) is 8.41. The summed E-state index contributed by atoms with van der Waals surface area (Å²) in [4.78, 5) is 23.8. The monoisotopic (exact) mass is 258 g/mol. The molecular weight excluding hydrogens is 236 g/mol. The topological polar surface area (TPSA) is 78.9 Å². The molecule has 0 bridgehead atoms. The minimum absolute atomic E-state index is 0.0956. The molecule has 0 saturated carbocycles. The third-order valence-electron chi connectivity index (χ3n) is 2.94. The predicted octanol–water partition coefficient (Wildman–Crippen LogP) is 0.919. The van der Waals surface area contributed by atoms with E-state index in [-0.39, 0.29) is 24.7 Å². The fourth-order valence-electron chi connectivity index (χ4n) is 2.10. The van der Waals surface area contributed by atoms with E-state index in [1.54, 1.807) is 4.90 Å². The van der Waals surface area contributed by atoms with E-state index in [1.165, 1.54) is 0 Å². The summed E-state index contributed by atoms with van der Waals surface area (Å²) in [6.07, 6.45) is 2.16. The molecule has 2 N–H and O–H groups in total. The van der Waals surface area contributed by atoms with Crippen LogP contribution in [0.15, 0.2) is 0 Å². The summed E-state index contributed by atoms with van der Waals surface area (Å²) in [6.45, 7) is 6.08. The van der Waals surface area contributed by atoms with Gasteiger partial charge >= 0.3 is 12.0 Å². The first-order valence-electron chi connectivity index (χ1n) is 6.23. The van der Waals surface area contributed by atoms with Crippen LogP contribution in [-0.2, 0) is 9.53 Å². The Bertz CT molecular complexity index is 304. The Labute approximate surface area is 107 Å². The maximum Gasteiger partial charge on any atom is 0.329 e. The summed E-state index contributed by atoms with van der Waals surface area (Å²) in [5.74, 6) is -1.00. The molecule has 18 heavy (non-hydrogen) atoms. The van der Waals surface area contributed by atoms with Crippen LogP contribution >= 0.6 is 0 Å². The maximum atomic E-state index is 11.8. The smallest absolute Gasteiger partial charge is 0.329 e. The zero-order chi connectivity index (χ0) is 13.6. The molecule has 6 nitrogen and oxygen atoms in total. The molecule has 0 radical (unpaired) electrons. The molecule has 1 heterocycles. The number of nitrogens with one attached hydrogen (secondary N) is 1. The fraction of sp³-hybridized carbons (Fsp3) is 0.833. The molecule has 1 saturated heterocycles. The van der Waals surface area contributed by atoms with Crippen molar-refractivity contribution in [3.8, 4) is 0 Å². The van der Waals surface area contributed by atoms with Crippen molar-refractivity contribution >= 4 is 12.0 Å². The number of likely N-dealkylation sites (tertiary alicyclic amines) is 1. The van der Waals surface area contributed by atoms with Gasteiger partial charge in [0.1, 0.15) is 6.61 Å². The number of urea groups is 1. The standard InChI is InChI=1S/C12H22N2O4/c1-12(2)4-3-6-14(9-12)11(17)13-5-7-18-8-10(15)16/h3-9H2,1-2H3,(H,13,17)(H,15,16). The molecule has 0 aromatic carbocycles. The van der Waals surface area contributed by atoms with Gasteiger partial charge in [0.25, 0.3) is 0 Å². The number of aliphatic carboxylic acids is 1. The van der Waals surface area contributed by atoms with Crippen LogP contribution in [0.2, 0.25) is 0 Å². The quantitative estimate of drug-likeness (QED) is 0.719. The van der Waals surface area contributed by atoms with Gasteiger partial charge in [0.15, 0.2) is 0 Å². The second kappa shape index (κ2) is 6.58. The molecule has 2 amide bonds. The molecule has 0 aromatic heterocycles. The van der Waals surface area contributed by atoms with Crippen LogP contribution in [0.25, 0.3) is 0 Å². The van der Waals surface area contributed by atoms with Crippen molar-refractivity contribution in [2.24, 2.45) is 5.41 Å². The molecule has 6 heteroatoms. The Morgan fingerprint density at radius 1 is 1.44 bits per heavy atom. The molecular formula is C12H22N2O4. The van der Waals surface area contributed by atoms with Crippen LogP contribution < -0.4 is 5.32 Å². The number of amides is 2.